The molecule has 2 N–H and O–H groups in total. The summed E-state index contributed by atoms with van der Waals surface area (Å²) in [5.74, 6) is -0.0306. The summed E-state index contributed by atoms with van der Waals surface area (Å²) in [6.45, 7) is 0. The molecule has 0 amide bonds. The fraction of sp³-hybridized carbons (Fsp3) is 0.154. The summed E-state index contributed by atoms with van der Waals surface area (Å²) in [5, 5.41) is 20.0. The molecule has 0 saturated carbocycles. The molecule has 34 heavy (non-hydrogen) atoms. The number of Topliss-reactive ketones (excluding diaryl/α,β-unsaturated/α-hetero) is 1. The Balaban J connectivity index is 1.59. The van der Waals surface area contributed by atoms with E-state index >= 15 is 0 Å². The molecule has 0 unspecified atom stereocenters. The van der Waals surface area contributed by atoms with Crippen LogP contribution in [0.3, 0.4) is 0 Å². The highest BCUT2D eigenvalue weighted by atomic mass is 16.5. The molecule has 5 rings (SSSR count). The summed E-state index contributed by atoms with van der Waals surface area (Å²) in [6.07, 6.45) is 1.56. The Kier molecular flexibility index (Phi) is 5.13. The van der Waals surface area contributed by atoms with E-state index in [1.165, 1.54) is 32.4 Å². The van der Waals surface area contributed by atoms with Gasteiger partial charge in [-0.05, 0) is 53.6 Å². The zero-order valence-electron chi connectivity index (χ0n) is 18.3. The largest absolute Gasteiger partial charge is 0.504 e. The van der Waals surface area contributed by atoms with Crippen LogP contribution in [0.15, 0.2) is 54.3 Å². The molecule has 0 spiro atoms. The van der Waals surface area contributed by atoms with E-state index in [-0.39, 0.29) is 35.2 Å². The smallest absolute Gasteiger partial charge is 0.312 e. The van der Waals surface area contributed by atoms with E-state index in [0.29, 0.717) is 39.5 Å². The number of aromatic hydroxyl groups is 2. The van der Waals surface area contributed by atoms with Gasteiger partial charge < -0.3 is 29.2 Å². The molecule has 8 heteroatoms. The number of ketones is 1. The van der Waals surface area contributed by atoms with Crippen LogP contribution in [0.4, 0.5) is 0 Å². The first kappa shape index (κ1) is 21.4. The van der Waals surface area contributed by atoms with E-state index < -0.39 is 11.9 Å². The number of phenolic OH excluding ortho intramolecular Hbond substituents is 2. The predicted molar refractivity (Wildman–Crippen MR) is 121 cm³/mol. The molecule has 2 aliphatic heterocycles. The summed E-state index contributed by atoms with van der Waals surface area (Å²) in [6, 6.07) is 12.7. The third kappa shape index (κ3) is 3.49. The molecule has 0 aliphatic carbocycles. The van der Waals surface area contributed by atoms with Crippen LogP contribution in [0, 0.1) is 0 Å². The van der Waals surface area contributed by atoms with Crippen molar-refractivity contribution in [2.45, 2.75) is 12.3 Å². The molecule has 8 nitrogen and oxygen atoms in total. The fourth-order valence-corrected chi connectivity index (χ4v) is 4.25. The van der Waals surface area contributed by atoms with Crippen molar-refractivity contribution in [3.63, 3.8) is 0 Å². The van der Waals surface area contributed by atoms with Crippen molar-refractivity contribution in [1.82, 2.24) is 0 Å². The lowest BCUT2D eigenvalue weighted by molar-refractivity contribution is -0.135. The van der Waals surface area contributed by atoms with E-state index in [9.17, 15) is 19.8 Å². The van der Waals surface area contributed by atoms with Gasteiger partial charge in [0.2, 0.25) is 5.78 Å². The Bertz CT molecular complexity index is 1370. The van der Waals surface area contributed by atoms with Crippen molar-refractivity contribution in [2.24, 2.45) is 0 Å². The van der Waals surface area contributed by atoms with Gasteiger partial charge in [-0.15, -0.1) is 0 Å². The van der Waals surface area contributed by atoms with Gasteiger partial charge in [0, 0.05) is 11.5 Å². The molecule has 0 aromatic heterocycles. The van der Waals surface area contributed by atoms with E-state index in [2.05, 4.69) is 0 Å². The Labute approximate surface area is 194 Å². The number of phenols is 2. The molecule has 3 aromatic rings. The zero-order valence-corrected chi connectivity index (χ0v) is 18.3. The van der Waals surface area contributed by atoms with Crippen molar-refractivity contribution in [3.8, 4) is 34.5 Å². The second-order valence-corrected chi connectivity index (χ2v) is 7.89. The van der Waals surface area contributed by atoms with Crippen LogP contribution in [0.25, 0.3) is 6.08 Å². The molecule has 0 bridgehead atoms. The molecule has 2 aliphatic rings. The maximum Gasteiger partial charge on any atom is 0.312 e. The summed E-state index contributed by atoms with van der Waals surface area (Å²) < 4.78 is 21.7. The quantitative estimate of drug-likeness (QED) is 0.339. The van der Waals surface area contributed by atoms with E-state index in [1.54, 1.807) is 36.4 Å². The van der Waals surface area contributed by atoms with Crippen LogP contribution in [-0.2, 0) is 4.79 Å². The highest BCUT2D eigenvalue weighted by molar-refractivity contribution is 6.15. The summed E-state index contributed by atoms with van der Waals surface area (Å²) >= 11 is 0. The van der Waals surface area contributed by atoms with E-state index in [0.717, 1.165) is 0 Å². The number of ether oxygens (including phenoxy) is 4. The number of esters is 1. The van der Waals surface area contributed by atoms with Gasteiger partial charge in [-0.2, -0.15) is 0 Å². The normalized spacial score (nSPS) is 17.6. The molecule has 0 fully saturated rings. The fourth-order valence-electron chi connectivity index (χ4n) is 4.25. The van der Waals surface area contributed by atoms with Crippen molar-refractivity contribution in [3.05, 3.63) is 76.5 Å². The molecule has 2 heterocycles. The minimum atomic E-state index is -0.474. The van der Waals surface area contributed by atoms with Crippen molar-refractivity contribution < 1.29 is 38.7 Å². The number of hydrogen-bond acceptors (Lipinski definition) is 8. The lowest BCUT2D eigenvalue weighted by atomic mass is 9.84. The molecule has 0 radical (unpaired) electrons. The number of fused-ring (bicyclic) bond motifs is 3. The summed E-state index contributed by atoms with van der Waals surface area (Å²) in [5.41, 5.74) is 2.17. The molecule has 172 valence electrons. The van der Waals surface area contributed by atoms with Crippen molar-refractivity contribution in [1.29, 1.82) is 0 Å². The van der Waals surface area contributed by atoms with Gasteiger partial charge in [0.25, 0.3) is 0 Å². The highest BCUT2D eigenvalue weighted by Gasteiger charge is 2.38. The lowest BCUT2D eigenvalue weighted by Crippen LogP contribution is -2.21. The Morgan fingerprint density at radius 3 is 2.44 bits per heavy atom. The molecule has 3 aromatic carbocycles. The average molecular weight is 460 g/mol. The Morgan fingerprint density at radius 2 is 1.71 bits per heavy atom. The van der Waals surface area contributed by atoms with Gasteiger partial charge in [0.05, 0.1) is 26.2 Å². The van der Waals surface area contributed by atoms with E-state index in [1.807, 2.05) is 0 Å². The van der Waals surface area contributed by atoms with Gasteiger partial charge in [0.1, 0.15) is 11.5 Å². The molecular weight excluding hydrogens is 440 g/mol. The Hall–Kier alpha value is -4.46. The topological polar surface area (TPSA) is 112 Å². The van der Waals surface area contributed by atoms with Crippen molar-refractivity contribution in [2.75, 3.05) is 14.2 Å². The maximum absolute atomic E-state index is 13.1. The number of allylic oxidation sites excluding steroid dienone is 1. The van der Waals surface area contributed by atoms with Gasteiger partial charge in [-0.25, -0.2) is 0 Å². The van der Waals surface area contributed by atoms with Gasteiger partial charge in [-0.3, -0.25) is 9.59 Å². The minimum absolute atomic E-state index is 0.0254. The van der Waals surface area contributed by atoms with Crippen LogP contribution in [0.5, 0.6) is 34.5 Å². The number of carbonyl (C=O) groups is 2. The first-order valence-electron chi connectivity index (χ1n) is 10.4. The number of rotatable bonds is 4. The molecular formula is C26H20O8. The second kappa shape index (κ2) is 8.15. The monoisotopic (exact) mass is 460 g/mol. The standard InChI is InChI=1S/C26H20O8/c1-31-19-7-3-13(9-18(19)28)10-22-25(30)15-5-8-20-24(26(15)34-22)16(12-23(29)33-20)14-4-6-17(27)21(11-14)32-2/h3-11,16,27-28H,12H2,1-2H3/b22-10-/t16-/m0/s1. The number of methoxy groups -OCH3 is 2. The summed E-state index contributed by atoms with van der Waals surface area (Å²) in [4.78, 5) is 25.4. The first-order valence-corrected chi connectivity index (χ1v) is 10.4. The molecule has 1 atom stereocenters. The minimum Gasteiger partial charge on any atom is -0.504 e. The molecule has 0 saturated heterocycles. The van der Waals surface area contributed by atoms with Crippen LogP contribution in [0.2, 0.25) is 0 Å². The SMILES string of the molecule is COc1ccc(/C=C2\Oc3c(ccc4c3[C@H](c3ccc(O)c(OC)c3)CC(=O)O4)C2=O)cc1O. The number of hydrogen-bond donors (Lipinski definition) is 2. The number of benzene rings is 3. The summed E-state index contributed by atoms with van der Waals surface area (Å²) in [7, 11) is 2.89. The van der Waals surface area contributed by atoms with E-state index in [4.69, 9.17) is 18.9 Å². The Morgan fingerprint density at radius 1 is 0.912 bits per heavy atom. The van der Waals surface area contributed by atoms with Gasteiger partial charge in [0.15, 0.2) is 28.8 Å². The van der Waals surface area contributed by atoms with Gasteiger partial charge >= 0.3 is 5.97 Å². The first-order chi connectivity index (χ1) is 16.4. The third-order valence-corrected chi connectivity index (χ3v) is 5.89. The van der Waals surface area contributed by atoms with Gasteiger partial charge in [-0.1, -0.05) is 12.1 Å². The highest BCUT2D eigenvalue weighted by Crippen LogP contribution is 2.49. The average Bonchev–Trinajstić information content (AvgIpc) is 3.14. The number of carbonyl (C=O) groups excluding carboxylic acids is 2. The predicted octanol–water partition coefficient (Wildman–Crippen LogP) is 4.17. The second-order valence-electron chi connectivity index (χ2n) is 7.89. The zero-order chi connectivity index (χ0) is 24.0. The van der Waals surface area contributed by atoms with Crippen molar-refractivity contribution >= 4 is 17.8 Å². The van der Waals surface area contributed by atoms with Crippen LogP contribution in [-0.4, -0.2) is 36.2 Å². The lowest BCUT2D eigenvalue weighted by Gasteiger charge is -2.26. The van der Waals surface area contributed by atoms with Crippen LogP contribution in [0.1, 0.15) is 39.4 Å². The maximum atomic E-state index is 13.1. The van der Waals surface area contributed by atoms with Crippen LogP contribution < -0.4 is 18.9 Å². The third-order valence-electron chi connectivity index (χ3n) is 5.89. The van der Waals surface area contributed by atoms with Crippen LogP contribution >= 0.6 is 0 Å².